The van der Waals surface area contributed by atoms with Crippen LogP contribution >= 0.6 is 22.6 Å². The predicted octanol–water partition coefficient (Wildman–Crippen LogP) is 2.81. The van der Waals surface area contributed by atoms with Crippen LogP contribution in [0.15, 0.2) is 30.7 Å². The Kier molecular flexibility index (Phi) is 4.78. The van der Waals surface area contributed by atoms with Gasteiger partial charge in [-0.2, -0.15) is 0 Å². The summed E-state index contributed by atoms with van der Waals surface area (Å²) in [5.41, 5.74) is 1.94. The van der Waals surface area contributed by atoms with Crippen molar-refractivity contribution in [3.05, 3.63) is 47.7 Å². The summed E-state index contributed by atoms with van der Waals surface area (Å²) in [5, 5.41) is 11.0. The second kappa shape index (κ2) is 6.55. The summed E-state index contributed by atoms with van der Waals surface area (Å²) in [6.45, 7) is 2.57. The molecule has 0 aliphatic carbocycles. The minimum Gasteiger partial charge on any atom is -0.362 e. The average molecular weight is 367 g/mol. The number of aromatic nitrogens is 3. The van der Waals surface area contributed by atoms with Gasteiger partial charge in [0.15, 0.2) is 0 Å². The van der Waals surface area contributed by atoms with Gasteiger partial charge in [-0.1, -0.05) is 6.92 Å². The molecule has 0 saturated heterocycles. The van der Waals surface area contributed by atoms with Gasteiger partial charge in [-0.15, -0.1) is 0 Å². The third-order valence-corrected chi connectivity index (χ3v) is 3.20. The van der Waals surface area contributed by atoms with E-state index in [4.69, 9.17) is 5.41 Å². The first kappa shape index (κ1) is 13.9. The lowest BCUT2D eigenvalue weighted by atomic mass is 10.1. The molecule has 0 amide bonds. The molecule has 2 N–H and O–H groups in total. The van der Waals surface area contributed by atoms with Crippen molar-refractivity contribution < 1.29 is 0 Å². The molecular weight excluding hydrogens is 353 g/mol. The van der Waals surface area contributed by atoms with Crippen LogP contribution in [0, 0.1) is 5.41 Å². The van der Waals surface area contributed by atoms with E-state index in [9.17, 15) is 0 Å². The number of pyridine rings is 1. The number of hydrogen-bond donors (Lipinski definition) is 2. The normalized spacial score (nSPS) is 10.2. The molecule has 98 valence electrons. The van der Waals surface area contributed by atoms with Gasteiger partial charge in [0.05, 0.1) is 6.54 Å². The molecule has 0 fully saturated rings. The zero-order valence-corrected chi connectivity index (χ0v) is 12.7. The predicted molar refractivity (Wildman–Crippen MR) is 83.8 cm³/mol. The SMILES string of the molecule is CCc1cnc(NCc2ncccn2)c(C(=N)I)c1. The molecule has 0 aromatic carbocycles. The highest BCUT2D eigenvalue weighted by atomic mass is 127. The average Bonchev–Trinajstić information content (AvgIpc) is 2.46. The summed E-state index contributed by atoms with van der Waals surface area (Å²) in [6.07, 6.45) is 6.15. The Balaban J connectivity index is 2.18. The third kappa shape index (κ3) is 3.69. The number of nitrogens with zero attached hydrogens (tertiary/aromatic N) is 3. The van der Waals surface area contributed by atoms with Gasteiger partial charge in [0.25, 0.3) is 0 Å². The van der Waals surface area contributed by atoms with Crippen molar-refractivity contribution in [2.45, 2.75) is 19.9 Å². The van der Waals surface area contributed by atoms with Crippen molar-refractivity contribution >= 4 is 32.1 Å². The second-order valence-electron chi connectivity index (χ2n) is 3.93. The van der Waals surface area contributed by atoms with Crippen molar-refractivity contribution in [3.63, 3.8) is 0 Å². The van der Waals surface area contributed by atoms with E-state index < -0.39 is 0 Å². The molecule has 2 aromatic heterocycles. The van der Waals surface area contributed by atoms with E-state index in [1.54, 1.807) is 18.5 Å². The van der Waals surface area contributed by atoms with Gasteiger partial charge < -0.3 is 5.32 Å². The zero-order valence-electron chi connectivity index (χ0n) is 10.5. The summed E-state index contributed by atoms with van der Waals surface area (Å²) >= 11 is 1.99. The number of halogens is 1. The van der Waals surface area contributed by atoms with Gasteiger partial charge in [0.2, 0.25) is 0 Å². The summed E-state index contributed by atoms with van der Waals surface area (Å²) in [5.74, 6) is 1.40. The van der Waals surface area contributed by atoms with Crippen LogP contribution in [-0.2, 0) is 13.0 Å². The molecule has 0 aliphatic rings. The lowest BCUT2D eigenvalue weighted by Crippen LogP contribution is -2.08. The van der Waals surface area contributed by atoms with Gasteiger partial charge in [0, 0.05) is 24.2 Å². The van der Waals surface area contributed by atoms with Gasteiger partial charge in [0.1, 0.15) is 15.4 Å². The number of hydrogen-bond acceptors (Lipinski definition) is 5. The topological polar surface area (TPSA) is 74.6 Å². The molecule has 0 atom stereocenters. The highest BCUT2D eigenvalue weighted by molar-refractivity contribution is 14.1. The fourth-order valence-corrected chi connectivity index (χ4v) is 2.00. The fraction of sp³-hybridized carbons (Fsp3) is 0.231. The van der Waals surface area contributed by atoms with Crippen molar-refractivity contribution in [2.24, 2.45) is 0 Å². The number of anilines is 1. The Bertz CT molecular complexity index is 571. The van der Waals surface area contributed by atoms with Crippen LogP contribution in [0.5, 0.6) is 0 Å². The summed E-state index contributed by atoms with van der Waals surface area (Å²) in [6, 6.07) is 3.78. The van der Waals surface area contributed by atoms with E-state index in [0.717, 1.165) is 17.5 Å². The first-order chi connectivity index (χ1) is 9.20. The number of rotatable bonds is 5. The van der Waals surface area contributed by atoms with E-state index in [2.05, 4.69) is 27.2 Å². The van der Waals surface area contributed by atoms with E-state index in [0.29, 0.717) is 21.9 Å². The van der Waals surface area contributed by atoms with Crippen molar-refractivity contribution in [3.8, 4) is 0 Å². The summed E-state index contributed by atoms with van der Waals surface area (Å²) in [7, 11) is 0. The maximum absolute atomic E-state index is 7.81. The van der Waals surface area contributed by atoms with Crippen LogP contribution in [0.25, 0.3) is 0 Å². The van der Waals surface area contributed by atoms with Gasteiger partial charge in [-0.25, -0.2) is 15.0 Å². The van der Waals surface area contributed by atoms with Crippen LogP contribution in [0.2, 0.25) is 0 Å². The Morgan fingerprint density at radius 3 is 2.68 bits per heavy atom. The largest absolute Gasteiger partial charge is 0.362 e. The monoisotopic (exact) mass is 367 g/mol. The van der Waals surface area contributed by atoms with Crippen LogP contribution in [0.1, 0.15) is 23.9 Å². The second-order valence-corrected chi connectivity index (χ2v) is 5.00. The molecule has 19 heavy (non-hydrogen) atoms. The van der Waals surface area contributed by atoms with E-state index in [1.165, 1.54) is 0 Å². The molecule has 0 bridgehead atoms. The maximum Gasteiger partial charge on any atom is 0.147 e. The molecule has 0 radical (unpaired) electrons. The summed E-state index contributed by atoms with van der Waals surface area (Å²) < 4.78 is 0.469. The van der Waals surface area contributed by atoms with E-state index in [1.807, 2.05) is 34.9 Å². The van der Waals surface area contributed by atoms with Crippen molar-refractivity contribution in [1.82, 2.24) is 15.0 Å². The minimum atomic E-state index is 0.469. The van der Waals surface area contributed by atoms with Crippen LogP contribution in [0.3, 0.4) is 0 Å². The standard InChI is InChI=1S/C13H14IN5/c1-2-9-6-10(12(14)15)13(18-7-9)19-8-11-16-4-3-5-17-11/h3-7,15H,2,8H2,1H3,(H,18,19). The molecule has 2 heterocycles. The minimum absolute atomic E-state index is 0.469. The van der Waals surface area contributed by atoms with Gasteiger partial charge in [-0.3, -0.25) is 5.41 Å². The van der Waals surface area contributed by atoms with E-state index in [-0.39, 0.29) is 0 Å². The Labute approximate surface area is 125 Å². The van der Waals surface area contributed by atoms with Gasteiger partial charge >= 0.3 is 0 Å². The van der Waals surface area contributed by atoms with Crippen LogP contribution < -0.4 is 5.32 Å². The Hall–Kier alpha value is -1.57. The number of aryl methyl sites for hydroxylation is 1. The smallest absolute Gasteiger partial charge is 0.147 e. The first-order valence-electron chi connectivity index (χ1n) is 5.93. The molecule has 5 nitrogen and oxygen atoms in total. The molecular formula is C13H14IN5. The van der Waals surface area contributed by atoms with Crippen molar-refractivity contribution in [1.29, 1.82) is 5.41 Å². The number of nitrogens with one attached hydrogen (secondary N) is 2. The highest BCUT2D eigenvalue weighted by Crippen LogP contribution is 2.18. The Morgan fingerprint density at radius 2 is 2.05 bits per heavy atom. The molecule has 6 heteroatoms. The maximum atomic E-state index is 7.81. The van der Waals surface area contributed by atoms with Crippen LogP contribution in [-0.4, -0.2) is 18.7 Å². The fourth-order valence-electron chi connectivity index (χ4n) is 1.59. The van der Waals surface area contributed by atoms with Crippen LogP contribution in [0.4, 0.5) is 5.82 Å². The summed E-state index contributed by atoms with van der Waals surface area (Å²) in [4.78, 5) is 12.7. The molecule has 0 spiro atoms. The lowest BCUT2D eigenvalue weighted by molar-refractivity contribution is 0.938. The van der Waals surface area contributed by atoms with Crippen molar-refractivity contribution in [2.75, 3.05) is 5.32 Å². The lowest BCUT2D eigenvalue weighted by Gasteiger charge is -2.10. The zero-order chi connectivity index (χ0) is 13.7. The first-order valence-corrected chi connectivity index (χ1v) is 7.01. The third-order valence-electron chi connectivity index (χ3n) is 2.62. The molecule has 0 aliphatic heterocycles. The van der Waals surface area contributed by atoms with Gasteiger partial charge in [-0.05, 0) is 46.7 Å². The molecule has 2 aromatic rings. The highest BCUT2D eigenvalue weighted by Gasteiger charge is 2.08. The molecule has 2 rings (SSSR count). The molecule has 0 saturated carbocycles. The quantitative estimate of drug-likeness (QED) is 0.630. The molecule has 0 unspecified atom stereocenters. The van der Waals surface area contributed by atoms with E-state index >= 15 is 0 Å². The Morgan fingerprint density at radius 1 is 1.32 bits per heavy atom.